The van der Waals surface area contributed by atoms with Crippen molar-refractivity contribution in [1.82, 2.24) is 10.3 Å². The highest BCUT2D eigenvalue weighted by Crippen LogP contribution is 2.18. The molecule has 1 atom stereocenters. The van der Waals surface area contributed by atoms with E-state index >= 15 is 0 Å². The molecular weight excluding hydrogens is 306 g/mol. The number of rotatable bonds is 5. The van der Waals surface area contributed by atoms with Gasteiger partial charge in [-0.15, -0.1) is 0 Å². The van der Waals surface area contributed by atoms with E-state index in [2.05, 4.69) is 10.4 Å². The molecule has 1 saturated heterocycles. The number of nitrogens with one attached hydrogen (secondary N) is 1. The Morgan fingerprint density at radius 3 is 2.42 bits per heavy atom. The van der Waals surface area contributed by atoms with Gasteiger partial charge in [0.15, 0.2) is 0 Å². The minimum Gasteiger partial charge on any atom is -0.497 e. The number of carbonyl (C=O) groups excluding carboxylic acids is 1. The number of nitrogens with zero attached hydrogens (tertiary/aromatic N) is 2. The van der Waals surface area contributed by atoms with Gasteiger partial charge >= 0.3 is 6.09 Å². The molecule has 2 rings (SSSR count). The van der Waals surface area contributed by atoms with Crippen molar-refractivity contribution >= 4 is 12.3 Å². The molecule has 0 radical (unpaired) electrons. The third-order valence-corrected chi connectivity index (χ3v) is 3.61. The van der Waals surface area contributed by atoms with Crippen molar-refractivity contribution in [2.24, 2.45) is 5.10 Å². The predicted octanol–water partition coefficient (Wildman–Crippen LogP) is 3.34. The first-order valence-electron chi connectivity index (χ1n) is 8.30. The van der Waals surface area contributed by atoms with Gasteiger partial charge in [0.2, 0.25) is 0 Å². The van der Waals surface area contributed by atoms with Crippen LogP contribution in [0.25, 0.3) is 0 Å². The Kier molecular flexibility index (Phi) is 6.06. The van der Waals surface area contributed by atoms with Crippen molar-refractivity contribution < 1.29 is 14.3 Å². The van der Waals surface area contributed by atoms with Gasteiger partial charge in [-0.3, -0.25) is 5.01 Å². The van der Waals surface area contributed by atoms with Crippen LogP contribution in [0.2, 0.25) is 0 Å². The van der Waals surface area contributed by atoms with Gasteiger partial charge in [-0.1, -0.05) is 12.1 Å². The molecule has 6 nitrogen and oxygen atoms in total. The summed E-state index contributed by atoms with van der Waals surface area (Å²) in [6, 6.07) is 7.20. The Bertz CT molecular complexity index is 558. The molecule has 1 aromatic rings. The number of amides is 1. The normalized spacial score (nSPS) is 16.2. The van der Waals surface area contributed by atoms with Gasteiger partial charge < -0.3 is 14.8 Å². The number of hydrogen-bond donors (Lipinski definition) is 1. The van der Waals surface area contributed by atoms with E-state index in [0.29, 0.717) is 0 Å². The van der Waals surface area contributed by atoms with Gasteiger partial charge in [-0.25, -0.2) is 4.79 Å². The van der Waals surface area contributed by atoms with Crippen molar-refractivity contribution in [3.05, 3.63) is 29.8 Å². The fourth-order valence-electron chi connectivity index (χ4n) is 2.43. The predicted molar refractivity (Wildman–Crippen MR) is 94.4 cm³/mol. The Labute approximate surface area is 143 Å². The van der Waals surface area contributed by atoms with E-state index in [1.165, 1.54) is 0 Å². The molecule has 1 heterocycles. The minimum absolute atomic E-state index is 0.355. The average molecular weight is 333 g/mol. The van der Waals surface area contributed by atoms with E-state index in [1.54, 1.807) is 13.3 Å². The molecule has 0 saturated carbocycles. The molecule has 0 aliphatic carbocycles. The van der Waals surface area contributed by atoms with E-state index in [0.717, 1.165) is 37.2 Å². The van der Waals surface area contributed by atoms with Gasteiger partial charge in [0.25, 0.3) is 0 Å². The third-order valence-electron chi connectivity index (χ3n) is 3.61. The second kappa shape index (κ2) is 8.04. The summed E-state index contributed by atoms with van der Waals surface area (Å²) in [6.45, 7) is 7.43. The maximum Gasteiger partial charge on any atom is 0.408 e. The highest BCUT2D eigenvalue weighted by Gasteiger charge is 2.20. The lowest BCUT2D eigenvalue weighted by molar-refractivity contribution is 0.0518. The van der Waals surface area contributed by atoms with Crippen LogP contribution in [-0.4, -0.2) is 43.1 Å². The number of carbonyl (C=O) groups is 1. The zero-order chi connectivity index (χ0) is 17.6. The fourth-order valence-corrected chi connectivity index (χ4v) is 2.43. The van der Waals surface area contributed by atoms with E-state index < -0.39 is 11.7 Å². The highest BCUT2D eigenvalue weighted by atomic mass is 16.6. The molecule has 1 aliphatic heterocycles. The van der Waals surface area contributed by atoms with Gasteiger partial charge in [0, 0.05) is 13.1 Å². The van der Waals surface area contributed by atoms with E-state index in [-0.39, 0.29) is 6.04 Å². The lowest BCUT2D eigenvalue weighted by atomic mass is 10.1. The van der Waals surface area contributed by atoms with Crippen molar-refractivity contribution in [1.29, 1.82) is 0 Å². The van der Waals surface area contributed by atoms with Crippen molar-refractivity contribution in [2.45, 2.75) is 45.3 Å². The number of benzene rings is 1. The minimum atomic E-state index is -0.541. The lowest BCUT2D eigenvalue weighted by Gasteiger charge is -2.22. The Morgan fingerprint density at radius 2 is 1.88 bits per heavy atom. The largest absolute Gasteiger partial charge is 0.497 e. The topological polar surface area (TPSA) is 63.2 Å². The van der Waals surface area contributed by atoms with Crippen molar-refractivity contribution in [3.8, 4) is 5.75 Å². The van der Waals surface area contributed by atoms with Crippen LogP contribution in [0, 0.1) is 0 Å². The molecule has 0 aromatic heterocycles. The smallest absolute Gasteiger partial charge is 0.408 e. The maximum atomic E-state index is 12.1. The SMILES string of the molecule is COc1ccc([C@@H](/C=N/N2CCCC2)NC(=O)OC(C)(C)C)cc1. The first-order valence-corrected chi connectivity index (χ1v) is 8.30. The van der Waals surface area contributed by atoms with Gasteiger partial charge in [0.05, 0.1) is 19.4 Å². The van der Waals surface area contributed by atoms with E-state index in [1.807, 2.05) is 50.0 Å². The summed E-state index contributed by atoms with van der Waals surface area (Å²) >= 11 is 0. The zero-order valence-electron chi connectivity index (χ0n) is 14.9. The first-order chi connectivity index (χ1) is 11.4. The fraction of sp³-hybridized carbons (Fsp3) is 0.556. The summed E-state index contributed by atoms with van der Waals surface area (Å²) in [5.74, 6) is 0.770. The van der Waals surface area contributed by atoms with Crippen molar-refractivity contribution in [2.75, 3.05) is 20.2 Å². The number of ether oxygens (including phenoxy) is 2. The summed E-state index contributed by atoms with van der Waals surface area (Å²) in [5, 5.41) is 9.39. The second-order valence-corrected chi connectivity index (χ2v) is 6.82. The Hall–Kier alpha value is -2.24. The number of hydrazone groups is 1. The monoisotopic (exact) mass is 333 g/mol. The molecule has 0 unspecified atom stereocenters. The first kappa shape index (κ1) is 18.1. The molecule has 1 N–H and O–H groups in total. The van der Waals surface area contributed by atoms with Crippen LogP contribution >= 0.6 is 0 Å². The van der Waals surface area contributed by atoms with Crippen molar-refractivity contribution in [3.63, 3.8) is 0 Å². The molecule has 24 heavy (non-hydrogen) atoms. The molecule has 1 fully saturated rings. The lowest BCUT2D eigenvalue weighted by Crippen LogP contribution is -2.35. The standard InChI is InChI=1S/C18H27N3O3/c1-18(2,3)24-17(22)20-16(13-19-21-11-5-6-12-21)14-7-9-15(23-4)10-8-14/h7-10,13,16H,5-6,11-12H2,1-4H3,(H,20,22)/b19-13+/t16-/m1/s1. The molecule has 0 bridgehead atoms. The Balaban J connectivity index is 2.11. The molecule has 1 aliphatic rings. The molecule has 6 heteroatoms. The summed E-state index contributed by atoms with van der Waals surface area (Å²) < 4.78 is 10.5. The van der Waals surface area contributed by atoms with Crippen LogP contribution in [0.1, 0.15) is 45.2 Å². The molecular formula is C18H27N3O3. The average Bonchev–Trinajstić information content (AvgIpc) is 3.03. The van der Waals surface area contributed by atoms with E-state index in [4.69, 9.17) is 9.47 Å². The molecule has 0 spiro atoms. The van der Waals surface area contributed by atoms with Crippen LogP contribution in [0.4, 0.5) is 4.79 Å². The number of hydrogen-bond acceptors (Lipinski definition) is 5. The van der Waals surface area contributed by atoms with Crippen LogP contribution in [0.3, 0.4) is 0 Å². The molecule has 132 valence electrons. The summed E-state index contributed by atoms with van der Waals surface area (Å²) in [7, 11) is 1.63. The molecule has 1 aromatic carbocycles. The molecule has 1 amide bonds. The highest BCUT2D eigenvalue weighted by molar-refractivity contribution is 5.76. The zero-order valence-corrected chi connectivity index (χ0v) is 14.9. The van der Waals surface area contributed by atoms with Gasteiger partial charge in [-0.05, 0) is 51.3 Å². The van der Waals surface area contributed by atoms with Gasteiger partial charge in [0.1, 0.15) is 11.4 Å². The summed E-state index contributed by atoms with van der Waals surface area (Å²) in [4.78, 5) is 12.1. The quantitative estimate of drug-likeness (QED) is 0.840. The van der Waals surface area contributed by atoms with Crippen LogP contribution in [0.15, 0.2) is 29.4 Å². The van der Waals surface area contributed by atoms with Crippen LogP contribution in [0.5, 0.6) is 5.75 Å². The van der Waals surface area contributed by atoms with Gasteiger partial charge in [-0.2, -0.15) is 5.10 Å². The van der Waals surface area contributed by atoms with E-state index in [9.17, 15) is 4.79 Å². The maximum absolute atomic E-state index is 12.1. The number of methoxy groups -OCH3 is 1. The second-order valence-electron chi connectivity index (χ2n) is 6.82. The summed E-state index contributed by atoms with van der Waals surface area (Å²) in [6.07, 6.45) is 3.61. The third kappa shape index (κ3) is 5.76. The number of alkyl carbamates (subject to hydrolysis) is 1. The van der Waals surface area contributed by atoms with Crippen LogP contribution in [-0.2, 0) is 4.74 Å². The van der Waals surface area contributed by atoms with Crippen LogP contribution < -0.4 is 10.1 Å². The Morgan fingerprint density at radius 1 is 1.25 bits per heavy atom. The summed E-state index contributed by atoms with van der Waals surface area (Å²) in [5.41, 5.74) is 0.380.